The summed E-state index contributed by atoms with van der Waals surface area (Å²) in [4.78, 5) is 15.3. The number of thiophene rings is 1. The number of carbonyl (C=O) groups excluding carboxylic acids is 1. The van der Waals surface area contributed by atoms with Crippen molar-refractivity contribution in [2.75, 3.05) is 19.6 Å². The lowest BCUT2D eigenvalue weighted by molar-refractivity contribution is 0.0978. The highest BCUT2D eigenvalue weighted by molar-refractivity contribution is 7.12. The van der Waals surface area contributed by atoms with Gasteiger partial charge in [-0.05, 0) is 50.3 Å². The highest BCUT2D eigenvalue weighted by atomic mass is 32.1. The van der Waals surface area contributed by atoms with Crippen LogP contribution in [0.3, 0.4) is 0 Å². The molecule has 0 bridgehead atoms. The van der Waals surface area contributed by atoms with E-state index >= 15 is 0 Å². The summed E-state index contributed by atoms with van der Waals surface area (Å²) in [5, 5.41) is 1.98. The number of carbonyl (C=O) groups is 1. The van der Waals surface area contributed by atoms with E-state index in [2.05, 4.69) is 4.90 Å². The Morgan fingerprint density at radius 2 is 1.89 bits per heavy atom. The first kappa shape index (κ1) is 13.8. The standard InChI is InChI=1S/C15H23NOS/c17-14(15-9-7-13-18-15)8-6-12-16-10-4-2-1-3-5-11-16/h7,9,13H,1-6,8,10-12H2. The van der Waals surface area contributed by atoms with Gasteiger partial charge in [0.15, 0.2) is 5.78 Å². The lowest BCUT2D eigenvalue weighted by Gasteiger charge is -2.24. The third-order valence-corrected chi connectivity index (χ3v) is 4.53. The van der Waals surface area contributed by atoms with Crippen molar-refractivity contribution in [3.8, 4) is 0 Å². The zero-order valence-corrected chi connectivity index (χ0v) is 11.9. The Hall–Kier alpha value is -0.670. The summed E-state index contributed by atoms with van der Waals surface area (Å²) in [5.41, 5.74) is 0. The van der Waals surface area contributed by atoms with Gasteiger partial charge in [-0.3, -0.25) is 4.79 Å². The molecule has 2 heterocycles. The quantitative estimate of drug-likeness (QED) is 0.751. The van der Waals surface area contributed by atoms with Gasteiger partial charge < -0.3 is 4.90 Å². The molecule has 1 aliphatic rings. The molecule has 2 rings (SSSR count). The van der Waals surface area contributed by atoms with Crippen molar-refractivity contribution in [3.63, 3.8) is 0 Å². The minimum atomic E-state index is 0.317. The van der Waals surface area contributed by atoms with Gasteiger partial charge in [0.2, 0.25) is 0 Å². The molecule has 18 heavy (non-hydrogen) atoms. The third kappa shape index (κ3) is 4.54. The summed E-state index contributed by atoms with van der Waals surface area (Å²) >= 11 is 1.56. The average molecular weight is 265 g/mol. The molecule has 0 radical (unpaired) electrons. The van der Waals surface area contributed by atoms with E-state index in [1.54, 1.807) is 11.3 Å². The minimum absolute atomic E-state index is 0.317. The maximum absolute atomic E-state index is 11.9. The Kier molecular flexibility index (Phi) is 5.88. The van der Waals surface area contributed by atoms with Crippen molar-refractivity contribution in [2.24, 2.45) is 0 Å². The van der Waals surface area contributed by atoms with Crippen LogP contribution in [-0.4, -0.2) is 30.3 Å². The van der Waals surface area contributed by atoms with E-state index in [4.69, 9.17) is 0 Å². The summed E-state index contributed by atoms with van der Waals surface area (Å²) in [7, 11) is 0. The summed E-state index contributed by atoms with van der Waals surface area (Å²) in [6.07, 6.45) is 8.55. The molecule has 0 saturated carbocycles. The molecule has 1 aromatic rings. The second-order valence-corrected chi connectivity index (χ2v) is 6.06. The lowest BCUT2D eigenvalue weighted by atomic mass is 10.1. The molecule has 0 aromatic carbocycles. The number of hydrogen-bond donors (Lipinski definition) is 0. The fourth-order valence-corrected chi connectivity index (χ4v) is 3.25. The maximum Gasteiger partial charge on any atom is 0.172 e. The van der Waals surface area contributed by atoms with E-state index < -0.39 is 0 Å². The lowest BCUT2D eigenvalue weighted by Crippen LogP contribution is -2.28. The van der Waals surface area contributed by atoms with Crippen LogP contribution in [0.25, 0.3) is 0 Å². The molecule has 1 aromatic heterocycles. The first-order valence-electron chi connectivity index (χ1n) is 7.15. The van der Waals surface area contributed by atoms with Gasteiger partial charge >= 0.3 is 0 Å². The topological polar surface area (TPSA) is 20.3 Å². The minimum Gasteiger partial charge on any atom is -0.303 e. The largest absolute Gasteiger partial charge is 0.303 e. The van der Waals surface area contributed by atoms with E-state index in [0.29, 0.717) is 12.2 Å². The summed E-state index contributed by atoms with van der Waals surface area (Å²) in [6, 6.07) is 3.89. The average Bonchev–Trinajstić information content (AvgIpc) is 2.85. The van der Waals surface area contributed by atoms with Gasteiger partial charge in [-0.25, -0.2) is 0 Å². The first-order valence-corrected chi connectivity index (χ1v) is 8.03. The number of nitrogens with zero attached hydrogens (tertiary/aromatic N) is 1. The van der Waals surface area contributed by atoms with Crippen molar-refractivity contribution in [2.45, 2.75) is 44.9 Å². The van der Waals surface area contributed by atoms with Crippen LogP contribution in [0.4, 0.5) is 0 Å². The molecule has 0 N–H and O–H groups in total. The molecule has 100 valence electrons. The molecule has 0 aliphatic carbocycles. The molecule has 0 amide bonds. The summed E-state index contributed by atoms with van der Waals surface area (Å²) < 4.78 is 0. The van der Waals surface area contributed by atoms with Crippen molar-refractivity contribution >= 4 is 17.1 Å². The number of ketones is 1. The number of Topliss-reactive ketones (excluding diaryl/α,β-unsaturated/α-hetero) is 1. The van der Waals surface area contributed by atoms with Gasteiger partial charge in [-0.2, -0.15) is 0 Å². The predicted octanol–water partition coefficient (Wildman–Crippen LogP) is 3.98. The van der Waals surface area contributed by atoms with Gasteiger partial charge in [0, 0.05) is 6.42 Å². The van der Waals surface area contributed by atoms with E-state index in [1.807, 2.05) is 17.5 Å². The normalized spacial score (nSPS) is 18.2. The van der Waals surface area contributed by atoms with Crippen molar-refractivity contribution in [3.05, 3.63) is 22.4 Å². The molecular formula is C15H23NOS. The van der Waals surface area contributed by atoms with E-state index in [1.165, 1.54) is 45.2 Å². The summed E-state index contributed by atoms with van der Waals surface area (Å²) in [5.74, 6) is 0.317. The Morgan fingerprint density at radius 1 is 1.17 bits per heavy atom. The smallest absolute Gasteiger partial charge is 0.172 e. The van der Waals surface area contributed by atoms with Crippen molar-refractivity contribution in [1.82, 2.24) is 4.90 Å². The SMILES string of the molecule is O=C(CCCN1CCCCCCC1)c1cccs1. The van der Waals surface area contributed by atoms with E-state index in [-0.39, 0.29) is 0 Å². The van der Waals surface area contributed by atoms with Crippen LogP contribution in [0, 0.1) is 0 Å². The van der Waals surface area contributed by atoms with Crippen LogP contribution in [0.15, 0.2) is 17.5 Å². The Bertz CT molecular complexity index is 339. The number of rotatable bonds is 5. The second kappa shape index (κ2) is 7.70. The Labute approximate surface area is 114 Å². The molecule has 1 saturated heterocycles. The van der Waals surface area contributed by atoms with Crippen molar-refractivity contribution in [1.29, 1.82) is 0 Å². The van der Waals surface area contributed by atoms with Crippen molar-refractivity contribution < 1.29 is 4.79 Å². The molecule has 1 fully saturated rings. The van der Waals surface area contributed by atoms with Gasteiger partial charge in [-0.1, -0.05) is 25.3 Å². The summed E-state index contributed by atoms with van der Waals surface area (Å²) in [6.45, 7) is 3.55. The first-order chi connectivity index (χ1) is 8.86. The van der Waals surface area contributed by atoms with Gasteiger partial charge in [0.1, 0.15) is 0 Å². The Balaban J connectivity index is 1.66. The van der Waals surface area contributed by atoms with E-state index in [0.717, 1.165) is 17.8 Å². The fraction of sp³-hybridized carbons (Fsp3) is 0.667. The van der Waals surface area contributed by atoms with Crippen LogP contribution < -0.4 is 0 Å². The molecule has 0 unspecified atom stereocenters. The molecule has 0 atom stereocenters. The fourth-order valence-electron chi connectivity index (χ4n) is 2.56. The molecule has 1 aliphatic heterocycles. The van der Waals surface area contributed by atoms with Crippen LogP contribution >= 0.6 is 11.3 Å². The highest BCUT2D eigenvalue weighted by Gasteiger charge is 2.10. The van der Waals surface area contributed by atoms with Crippen LogP contribution in [0.1, 0.15) is 54.6 Å². The second-order valence-electron chi connectivity index (χ2n) is 5.11. The molecule has 0 spiro atoms. The molecular weight excluding hydrogens is 242 g/mol. The molecule has 3 heteroatoms. The zero-order valence-electron chi connectivity index (χ0n) is 11.1. The Morgan fingerprint density at radius 3 is 2.56 bits per heavy atom. The van der Waals surface area contributed by atoms with Crippen LogP contribution in [-0.2, 0) is 0 Å². The van der Waals surface area contributed by atoms with Crippen LogP contribution in [0.2, 0.25) is 0 Å². The van der Waals surface area contributed by atoms with Gasteiger partial charge in [-0.15, -0.1) is 11.3 Å². The molecule has 2 nitrogen and oxygen atoms in total. The van der Waals surface area contributed by atoms with Crippen LogP contribution in [0.5, 0.6) is 0 Å². The zero-order chi connectivity index (χ0) is 12.6. The highest BCUT2D eigenvalue weighted by Crippen LogP contribution is 2.14. The third-order valence-electron chi connectivity index (χ3n) is 3.62. The number of hydrogen-bond acceptors (Lipinski definition) is 3. The van der Waals surface area contributed by atoms with Gasteiger partial charge in [0.05, 0.1) is 4.88 Å². The number of likely N-dealkylation sites (tertiary alicyclic amines) is 1. The monoisotopic (exact) mass is 265 g/mol. The maximum atomic E-state index is 11.9. The van der Waals surface area contributed by atoms with E-state index in [9.17, 15) is 4.79 Å². The predicted molar refractivity (Wildman–Crippen MR) is 77.4 cm³/mol. The van der Waals surface area contributed by atoms with Gasteiger partial charge in [0.25, 0.3) is 0 Å².